The number of rotatable bonds is 4. The molecule has 0 bridgehead atoms. The van der Waals surface area contributed by atoms with E-state index >= 15 is 0 Å². The Morgan fingerprint density at radius 1 is 1.24 bits per heavy atom. The largest absolute Gasteiger partial charge is 0.398 e. The van der Waals surface area contributed by atoms with Gasteiger partial charge in [0, 0.05) is 12.2 Å². The molecule has 112 valence electrons. The van der Waals surface area contributed by atoms with Crippen molar-refractivity contribution >= 4 is 23.4 Å². The molecule has 4 N–H and O–H groups in total. The molecule has 3 amide bonds. The maximum absolute atomic E-state index is 12.5. The molecule has 0 fully saturated rings. The summed E-state index contributed by atoms with van der Waals surface area (Å²) in [5.74, 6) is -2.12. The number of nitrogens with two attached hydrogens (primary N) is 2. The normalized spacial score (nSPS) is 15.5. The fourth-order valence-corrected chi connectivity index (χ4v) is 2.56. The van der Waals surface area contributed by atoms with Gasteiger partial charge in [0.1, 0.15) is 0 Å². The van der Waals surface area contributed by atoms with Crippen molar-refractivity contribution in [1.82, 2.24) is 4.90 Å². The van der Waals surface area contributed by atoms with Crippen LogP contribution in [-0.2, 0) is 4.79 Å². The summed E-state index contributed by atoms with van der Waals surface area (Å²) in [7, 11) is 0. The van der Waals surface area contributed by atoms with Crippen LogP contribution in [0.3, 0.4) is 0 Å². The van der Waals surface area contributed by atoms with Crippen LogP contribution in [0.15, 0.2) is 18.2 Å². The number of hydrogen-bond donors (Lipinski definition) is 2. The van der Waals surface area contributed by atoms with Crippen molar-refractivity contribution in [3.05, 3.63) is 29.3 Å². The lowest BCUT2D eigenvalue weighted by Crippen LogP contribution is -2.43. The topological polar surface area (TPSA) is 106 Å². The predicted octanol–water partition coefficient (Wildman–Crippen LogP) is 1.01. The predicted molar refractivity (Wildman–Crippen MR) is 78.4 cm³/mol. The maximum atomic E-state index is 12.5. The molecule has 0 saturated heterocycles. The fourth-order valence-electron chi connectivity index (χ4n) is 2.56. The van der Waals surface area contributed by atoms with Crippen LogP contribution in [0, 0.1) is 11.8 Å². The van der Waals surface area contributed by atoms with Crippen LogP contribution in [-0.4, -0.2) is 29.2 Å². The summed E-state index contributed by atoms with van der Waals surface area (Å²) >= 11 is 0. The maximum Gasteiger partial charge on any atom is 0.270 e. The van der Waals surface area contributed by atoms with Gasteiger partial charge >= 0.3 is 0 Å². The molecule has 0 radical (unpaired) electrons. The minimum atomic E-state index is -0.652. The quantitative estimate of drug-likeness (QED) is 0.635. The molecular weight excluding hydrogens is 270 g/mol. The molecule has 1 aliphatic rings. The van der Waals surface area contributed by atoms with Gasteiger partial charge < -0.3 is 11.5 Å². The smallest absolute Gasteiger partial charge is 0.270 e. The third kappa shape index (κ3) is 2.54. The van der Waals surface area contributed by atoms with Gasteiger partial charge in [0.15, 0.2) is 0 Å². The van der Waals surface area contributed by atoms with E-state index < -0.39 is 23.6 Å². The third-order valence-electron chi connectivity index (χ3n) is 3.56. The molecular formula is C15H19N3O3. The van der Waals surface area contributed by atoms with E-state index in [1.165, 1.54) is 12.1 Å². The zero-order valence-corrected chi connectivity index (χ0v) is 12.1. The van der Waals surface area contributed by atoms with Crippen molar-refractivity contribution in [2.45, 2.75) is 20.3 Å². The van der Waals surface area contributed by atoms with Crippen LogP contribution in [0.25, 0.3) is 0 Å². The van der Waals surface area contributed by atoms with Gasteiger partial charge in [-0.05, 0) is 24.5 Å². The lowest BCUT2D eigenvalue weighted by atomic mass is 9.96. The van der Waals surface area contributed by atoms with Crippen molar-refractivity contribution in [2.24, 2.45) is 17.6 Å². The number of hydrogen-bond acceptors (Lipinski definition) is 5. The van der Waals surface area contributed by atoms with E-state index in [1.54, 1.807) is 6.07 Å². The van der Waals surface area contributed by atoms with Crippen molar-refractivity contribution in [3.63, 3.8) is 0 Å². The molecule has 0 saturated carbocycles. The molecule has 1 aromatic rings. The second-order valence-corrected chi connectivity index (χ2v) is 5.62. The number of carbonyl (C=O) groups is 3. The molecule has 1 heterocycles. The Morgan fingerprint density at radius 3 is 2.43 bits per heavy atom. The number of carbonyl (C=O) groups excluding carboxylic acids is 3. The molecule has 1 aliphatic heterocycles. The monoisotopic (exact) mass is 289 g/mol. The summed E-state index contributed by atoms with van der Waals surface area (Å²) in [6, 6.07) is 4.62. The number of fused-ring (bicyclic) bond motifs is 1. The van der Waals surface area contributed by atoms with Crippen molar-refractivity contribution in [1.29, 1.82) is 0 Å². The Labute approximate surface area is 123 Å². The van der Waals surface area contributed by atoms with Crippen molar-refractivity contribution < 1.29 is 14.4 Å². The second-order valence-electron chi connectivity index (χ2n) is 5.62. The highest BCUT2D eigenvalue weighted by Crippen LogP contribution is 2.29. The fraction of sp³-hybridized carbons (Fsp3) is 0.400. The van der Waals surface area contributed by atoms with Gasteiger partial charge in [-0.1, -0.05) is 19.9 Å². The van der Waals surface area contributed by atoms with Crippen LogP contribution < -0.4 is 11.5 Å². The molecule has 0 spiro atoms. The average Bonchev–Trinajstić information content (AvgIpc) is 2.68. The van der Waals surface area contributed by atoms with Gasteiger partial charge in [0.05, 0.1) is 17.0 Å². The van der Waals surface area contributed by atoms with Crippen LogP contribution >= 0.6 is 0 Å². The zero-order chi connectivity index (χ0) is 15.7. The molecule has 21 heavy (non-hydrogen) atoms. The van der Waals surface area contributed by atoms with E-state index in [9.17, 15) is 14.4 Å². The summed E-state index contributed by atoms with van der Waals surface area (Å²) in [6.45, 7) is 4.01. The Hall–Kier alpha value is -2.21. The third-order valence-corrected chi connectivity index (χ3v) is 3.56. The minimum Gasteiger partial charge on any atom is -0.398 e. The molecule has 6 heteroatoms. The number of nitrogens with zero attached hydrogens (tertiary/aromatic N) is 1. The average molecular weight is 289 g/mol. The summed E-state index contributed by atoms with van der Waals surface area (Å²) in [6.07, 6.45) is 0.526. The van der Waals surface area contributed by atoms with Gasteiger partial charge in [-0.25, -0.2) is 4.90 Å². The van der Waals surface area contributed by atoms with Gasteiger partial charge in [0.2, 0.25) is 5.91 Å². The molecule has 0 aromatic heterocycles. The highest BCUT2D eigenvalue weighted by atomic mass is 16.2. The van der Waals surface area contributed by atoms with Gasteiger partial charge in [-0.3, -0.25) is 14.4 Å². The summed E-state index contributed by atoms with van der Waals surface area (Å²) in [5, 5.41) is 0. The van der Waals surface area contributed by atoms with E-state index in [0.717, 1.165) is 0 Å². The molecule has 1 aromatic carbocycles. The number of benzene rings is 1. The van der Waals surface area contributed by atoms with Crippen LogP contribution in [0.5, 0.6) is 0 Å². The molecule has 6 nitrogen and oxygen atoms in total. The Kier molecular flexibility index (Phi) is 4.09. The molecule has 2 rings (SSSR count). The van der Waals surface area contributed by atoms with E-state index in [1.807, 2.05) is 13.8 Å². The molecule has 0 aliphatic carbocycles. The van der Waals surface area contributed by atoms with Crippen molar-refractivity contribution in [3.8, 4) is 0 Å². The lowest BCUT2D eigenvalue weighted by Gasteiger charge is -2.20. The van der Waals surface area contributed by atoms with E-state index in [2.05, 4.69) is 0 Å². The number of nitrogen functional groups attached to an aromatic ring is 1. The standard InChI is InChI=1S/C15H19N3O3/c1-8(2)6-9(7-16)13(19)18-14(20)10-4-3-5-11(17)12(10)15(18)21/h3-5,8-9H,6-7,16-17H2,1-2H3. The summed E-state index contributed by atoms with van der Waals surface area (Å²) in [5.41, 5.74) is 11.8. The Balaban J connectivity index is 2.35. The number of amides is 3. The summed E-state index contributed by atoms with van der Waals surface area (Å²) < 4.78 is 0. The highest BCUT2D eigenvalue weighted by molar-refractivity contribution is 6.30. The first kappa shape index (κ1) is 15.2. The lowest BCUT2D eigenvalue weighted by molar-refractivity contribution is -0.130. The highest BCUT2D eigenvalue weighted by Gasteiger charge is 2.43. The van der Waals surface area contributed by atoms with Gasteiger partial charge in [-0.15, -0.1) is 0 Å². The Bertz CT molecular complexity index is 610. The molecule has 1 atom stereocenters. The van der Waals surface area contributed by atoms with Crippen LogP contribution in [0.4, 0.5) is 5.69 Å². The van der Waals surface area contributed by atoms with Crippen LogP contribution in [0.1, 0.15) is 41.0 Å². The summed E-state index contributed by atoms with van der Waals surface area (Å²) in [4.78, 5) is 37.8. The van der Waals surface area contributed by atoms with Gasteiger partial charge in [-0.2, -0.15) is 0 Å². The van der Waals surface area contributed by atoms with E-state index in [0.29, 0.717) is 11.3 Å². The van der Waals surface area contributed by atoms with Crippen molar-refractivity contribution in [2.75, 3.05) is 12.3 Å². The minimum absolute atomic E-state index is 0.0971. The number of anilines is 1. The second kappa shape index (κ2) is 5.65. The SMILES string of the molecule is CC(C)CC(CN)C(=O)N1C(=O)c2cccc(N)c2C1=O. The first-order valence-corrected chi connectivity index (χ1v) is 6.89. The zero-order valence-electron chi connectivity index (χ0n) is 12.1. The van der Waals surface area contributed by atoms with Gasteiger partial charge in [0.25, 0.3) is 11.8 Å². The first-order valence-electron chi connectivity index (χ1n) is 6.89. The van der Waals surface area contributed by atoms with E-state index in [4.69, 9.17) is 11.5 Å². The first-order chi connectivity index (χ1) is 9.88. The molecule has 1 unspecified atom stereocenters. The Morgan fingerprint density at radius 2 is 1.90 bits per heavy atom. The number of imide groups is 3. The van der Waals surface area contributed by atoms with Crippen LogP contribution in [0.2, 0.25) is 0 Å². The van der Waals surface area contributed by atoms with E-state index in [-0.39, 0.29) is 29.3 Å².